The maximum atomic E-state index is 9.90. The lowest BCUT2D eigenvalue weighted by atomic mass is 9.94. The molecule has 0 saturated heterocycles. The number of nitrogens with two attached hydrogens (primary N) is 1. The quantitative estimate of drug-likeness (QED) is 0.750. The highest BCUT2D eigenvalue weighted by molar-refractivity contribution is 6.11. The van der Waals surface area contributed by atoms with E-state index in [2.05, 4.69) is 0 Å². The molecule has 0 saturated carbocycles. The third-order valence-electron chi connectivity index (χ3n) is 3.48. The number of nitrogens with one attached hydrogen (secondary N) is 1. The van der Waals surface area contributed by atoms with E-state index in [1.807, 2.05) is 43.3 Å². The Kier molecular flexibility index (Phi) is 4.43. The van der Waals surface area contributed by atoms with E-state index in [1.54, 1.807) is 19.1 Å². The van der Waals surface area contributed by atoms with Crippen molar-refractivity contribution >= 4 is 5.71 Å². The van der Waals surface area contributed by atoms with Gasteiger partial charge in [0.15, 0.2) is 0 Å². The summed E-state index contributed by atoms with van der Waals surface area (Å²) >= 11 is 0. The van der Waals surface area contributed by atoms with Gasteiger partial charge in [-0.05, 0) is 31.0 Å². The Morgan fingerprint density at radius 3 is 2.29 bits per heavy atom. The van der Waals surface area contributed by atoms with Gasteiger partial charge >= 0.3 is 0 Å². The van der Waals surface area contributed by atoms with Crippen molar-refractivity contribution in [3.05, 3.63) is 76.5 Å². The van der Waals surface area contributed by atoms with Crippen LogP contribution in [0.2, 0.25) is 0 Å². The van der Waals surface area contributed by atoms with E-state index in [-0.39, 0.29) is 5.75 Å². The topological polar surface area (TPSA) is 70.1 Å². The third-order valence-corrected chi connectivity index (χ3v) is 3.48. The Labute approximate surface area is 125 Å². The second kappa shape index (κ2) is 6.27. The molecule has 0 atom stereocenters. The number of phenolic OH excluding ortho intramolecular Hbond substituents is 1. The summed E-state index contributed by atoms with van der Waals surface area (Å²) in [6.45, 7) is 3.80. The monoisotopic (exact) mass is 280 g/mol. The summed E-state index contributed by atoms with van der Waals surface area (Å²) in [6.07, 6.45) is 0.446. The van der Waals surface area contributed by atoms with Crippen LogP contribution in [0.25, 0.3) is 0 Å². The van der Waals surface area contributed by atoms with Crippen molar-refractivity contribution in [2.75, 3.05) is 0 Å². The van der Waals surface area contributed by atoms with Crippen LogP contribution in [0.15, 0.2) is 59.8 Å². The SMILES string of the molecule is CC(N)=C(Cc1ccccc1O)C(=N)c1ccc(C)cc1. The number of aryl methyl sites for hydroxylation is 1. The average molecular weight is 280 g/mol. The fourth-order valence-electron chi connectivity index (χ4n) is 2.17. The van der Waals surface area contributed by atoms with Gasteiger partial charge in [0.25, 0.3) is 0 Å². The lowest BCUT2D eigenvalue weighted by Crippen LogP contribution is -2.12. The number of para-hydroxylation sites is 1. The molecule has 3 nitrogen and oxygen atoms in total. The van der Waals surface area contributed by atoms with Gasteiger partial charge in [-0.25, -0.2) is 0 Å². The summed E-state index contributed by atoms with van der Waals surface area (Å²) in [6, 6.07) is 14.9. The zero-order valence-electron chi connectivity index (χ0n) is 12.4. The van der Waals surface area contributed by atoms with Crippen molar-refractivity contribution in [3.8, 4) is 5.75 Å². The van der Waals surface area contributed by atoms with Gasteiger partial charge < -0.3 is 10.8 Å². The number of hydrogen-bond donors (Lipinski definition) is 3. The molecule has 0 aromatic heterocycles. The molecular formula is C18H20N2O. The standard InChI is InChI=1S/C18H20N2O/c1-12-7-9-14(10-8-12)18(20)16(13(2)19)11-15-5-3-4-6-17(15)21/h3-10,20-21H,11,19H2,1-2H3. The van der Waals surface area contributed by atoms with Crippen LogP contribution in [-0.2, 0) is 6.42 Å². The van der Waals surface area contributed by atoms with Crippen molar-refractivity contribution in [2.24, 2.45) is 5.73 Å². The van der Waals surface area contributed by atoms with Gasteiger partial charge in [0.2, 0.25) is 0 Å². The van der Waals surface area contributed by atoms with E-state index in [0.717, 1.165) is 22.3 Å². The van der Waals surface area contributed by atoms with Crippen LogP contribution < -0.4 is 5.73 Å². The largest absolute Gasteiger partial charge is 0.508 e. The number of hydrogen-bond acceptors (Lipinski definition) is 3. The van der Waals surface area contributed by atoms with Crippen molar-refractivity contribution < 1.29 is 5.11 Å². The normalized spacial score (nSPS) is 11.9. The fourth-order valence-corrected chi connectivity index (χ4v) is 2.17. The van der Waals surface area contributed by atoms with Crippen LogP contribution in [0.1, 0.15) is 23.6 Å². The maximum Gasteiger partial charge on any atom is 0.119 e. The first-order valence-electron chi connectivity index (χ1n) is 6.87. The molecule has 0 spiro atoms. The summed E-state index contributed by atoms with van der Waals surface area (Å²) < 4.78 is 0. The predicted octanol–water partition coefficient (Wildman–Crippen LogP) is 3.54. The van der Waals surface area contributed by atoms with Crippen molar-refractivity contribution in [1.82, 2.24) is 0 Å². The molecule has 2 aromatic rings. The summed E-state index contributed by atoms with van der Waals surface area (Å²) in [5.41, 5.74) is 10.5. The Balaban J connectivity index is 2.33. The van der Waals surface area contributed by atoms with Crippen molar-refractivity contribution in [3.63, 3.8) is 0 Å². The Bertz CT molecular complexity index is 681. The van der Waals surface area contributed by atoms with Crippen molar-refractivity contribution in [2.45, 2.75) is 20.3 Å². The van der Waals surface area contributed by atoms with Crippen molar-refractivity contribution in [1.29, 1.82) is 5.41 Å². The molecule has 0 heterocycles. The van der Waals surface area contributed by atoms with Gasteiger partial charge in [0.05, 0.1) is 5.71 Å². The zero-order chi connectivity index (χ0) is 15.4. The molecule has 0 aliphatic carbocycles. The van der Waals surface area contributed by atoms with Crippen LogP contribution in [0.5, 0.6) is 5.75 Å². The first kappa shape index (κ1) is 14.9. The van der Waals surface area contributed by atoms with Crippen LogP contribution in [0.4, 0.5) is 0 Å². The van der Waals surface area contributed by atoms with E-state index < -0.39 is 0 Å². The molecule has 0 unspecified atom stereocenters. The first-order valence-corrected chi connectivity index (χ1v) is 6.87. The zero-order valence-corrected chi connectivity index (χ0v) is 12.4. The van der Waals surface area contributed by atoms with Gasteiger partial charge in [-0.15, -0.1) is 0 Å². The molecule has 2 rings (SSSR count). The second-order valence-electron chi connectivity index (χ2n) is 5.21. The number of allylic oxidation sites excluding steroid dienone is 2. The molecule has 0 aliphatic heterocycles. The van der Waals surface area contributed by atoms with Gasteiger partial charge in [-0.1, -0.05) is 48.0 Å². The van der Waals surface area contributed by atoms with E-state index in [1.165, 1.54) is 0 Å². The minimum atomic E-state index is 0.230. The Morgan fingerprint density at radius 2 is 1.71 bits per heavy atom. The molecule has 0 bridgehead atoms. The molecule has 4 N–H and O–H groups in total. The lowest BCUT2D eigenvalue weighted by molar-refractivity contribution is 0.469. The number of rotatable bonds is 4. The molecule has 108 valence electrons. The number of benzene rings is 2. The summed E-state index contributed by atoms with van der Waals surface area (Å²) in [7, 11) is 0. The molecule has 0 fully saturated rings. The van der Waals surface area contributed by atoms with Crippen LogP contribution >= 0.6 is 0 Å². The van der Waals surface area contributed by atoms with Gasteiger partial charge in [0.1, 0.15) is 5.75 Å². The Morgan fingerprint density at radius 1 is 1.10 bits per heavy atom. The smallest absolute Gasteiger partial charge is 0.119 e. The minimum absolute atomic E-state index is 0.230. The summed E-state index contributed by atoms with van der Waals surface area (Å²) in [5.74, 6) is 0.230. The van der Waals surface area contributed by atoms with E-state index in [4.69, 9.17) is 11.1 Å². The fraction of sp³-hybridized carbons (Fsp3) is 0.167. The highest BCUT2D eigenvalue weighted by Gasteiger charge is 2.13. The molecule has 2 aromatic carbocycles. The third kappa shape index (κ3) is 3.51. The number of phenols is 1. The highest BCUT2D eigenvalue weighted by atomic mass is 16.3. The highest BCUT2D eigenvalue weighted by Crippen LogP contribution is 2.22. The van der Waals surface area contributed by atoms with E-state index >= 15 is 0 Å². The van der Waals surface area contributed by atoms with Gasteiger partial charge in [-0.2, -0.15) is 0 Å². The first-order chi connectivity index (χ1) is 9.99. The van der Waals surface area contributed by atoms with Gasteiger partial charge in [0, 0.05) is 17.7 Å². The molecule has 0 amide bonds. The van der Waals surface area contributed by atoms with E-state index in [9.17, 15) is 5.11 Å². The van der Waals surface area contributed by atoms with E-state index in [0.29, 0.717) is 17.8 Å². The number of aromatic hydroxyl groups is 1. The molecule has 3 heteroatoms. The summed E-state index contributed by atoms with van der Waals surface area (Å²) in [5, 5.41) is 18.3. The molecule has 0 aliphatic rings. The average Bonchev–Trinajstić information content (AvgIpc) is 2.46. The van der Waals surface area contributed by atoms with Gasteiger partial charge in [-0.3, -0.25) is 5.41 Å². The van der Waals surface area contributed by atoms with Crippen LogP contribution in [-0.4, -0.2) is 10.8 Å². The van der Waals surface area contributed by atoms with Crippen LogP contribution in [0.3, 0.4) is 0 Å². The molecule has 0 radical (unpaired) electrons. The maximum absolute atomic E-state index is 9.90. The minimum Gasteiger partial charge on any atom is -0.508 e. The van der Waals surface area contributed by atoms with Crippen LogP contribution in [0, 0.1) is 12.3 Å². The predicted molar refractivity (Wildman–Crippen MR) is 86.7 cm³/mol. The Hall–Kier alpha value is -2.55. The summed E-state index contributed by atoms with van der Waals surface area (Å²) in [4.78, 5) is 0. The second-order valence-corrected chi connectivity index (χ2v) is 5.21. The lowest BCUT2D eigenvalue weighted by Gasteiger charge is -2.13. The molecule has 21 heavy (non-hydrogen) atoms. The molecular weight excluding hydrogens is 260 g/mol.